The van der Waals surface area contributed by atoms with E-state index in [9.17, 15) is 0 Å². The summed E-state index contributed by atoms with van der Waals surface area (Å²) in [5.74, 6) is 0.852. The smallest absolute Gasteiger partial charge is 0.165 e. The van der Waals surface area contributed by atoms with Crippen LogP contribution in [0.1, 0.15) is 27.7 Å². The minimum absolute atomic E-state index is 0.843. The third-order valence-corrected chi connectivity index (χ3v) is 1.90. The summed E-state index contributed by atoms with van der Waals surface area (Å²) in [5.41, 5.74) is 1.70. The summed E-state index contributed by atoms with van der Waals surface area (Å²) >= 11 is 0. The van der Waals surface area contributed by atoms with E-state index in [0.717, 1.165) is 17.0 Å². The Labute approximate surface area is 104 Å². The molecule has 0 atom stereocenters. The quantitative estimate of drug-likeness (QED) is 0.764. The molecule has 0 saturated heterocycles. The van der Waals surface area contributed by atoms with E-state index in [1.807, 2.05) is 58.3 Å². The molecule has 0 N–H and O–H groups in total. The largest absolute Gasteiger partial charge is 0.361 e. The van der Waals surface area contributed by atoms with Crippen molar-refractivity contribution in [1.29, 1.82) is 0 Å². The number of aryl methyl sites for hydroxylation is 1. The van der Waals surface area contributed by atoms with Crippen LogP contribution in [0, 0.1) is 0 Å². The highest BCUT2D eigenvalue weighted by Gasteiger charge is 2.08. The molecule has 17 heavy (non-hydrogen) atoms. The summed E-state index contributed by atoms with van der Waals surface area (Å²) in [5, 5.41) is 0. The van der Waals surface area contributed by atoms with E-state index in [2.05, 4.69) is 15.0 Å². The first kappa shape index (κ1) is 15.3. The van der Waals surface area contributed by atoms with Crippen LogP contribution in [0.5, 0.6) is 0 Å². The Hall–Kier alpha value is -1.65. The van der Waals surface area contributed by atoms with Crippen molar-refractivity contribution in [2.75, 3.05) is 19.0 Å². The van der Waals surface area contributed by atoms with Gasteiger partial charge in [-0.3, -0.25) is 0 Å². The fourth-order valence-corrected chi connectivity index (χ4v) is 1.26. The van der Waals surface area contributed by atoms with Gasteiger partial charge < -0.3 is 9.47 Å². The summed E-state index contributed by atoms with van der Waals surface area (Å²) in [6.07, 6.45) is 3.30. The molecule has 0 saturated carbocycles. The molecule has 0 unspecified atom stereocenters. The Balaban J connectivity index is 0.000000581. The van der Waals surface area contributed by atoms with Crippen LogP contribution in [0.3, 0.4) is 0 Å². The second kappa shape index (κ2) is 7.60. The highest BCUT2D eigenvalue weighted by atomic mass is 15.2. The molecule has 0 spiro atoms. The lowest BCUT2D eigenvalue weighted by molar-refractivity contribution is 0.927. The molecule has 96 valence electrons. The van der Waals surface area contributed by atoms with Gasteiger partial charge in [-0.25, -0.2) is 15.0 Å². The molecule has 0 bridgehead atoms. The molecule has 2 aromatic heterocycles. The van der Waals surface area contributed by atoms with Crippen LogP contribution in [-0.2, 0) is 7.05 Å². The molecule has 0 aliphatic rings. The standard InChI is InChI=1S/C8H11N5.2C2H6/c1-12(2)7-6-8(10-4-9-7)13(3)5-11-6;2*1-2/h4-5H,1-3H3;2*1-2H3. The van der Waals surface area contributed by atoms with Gasteiger partial charge in [0.1, 0.15) is 6.33 Å². The molecule has 2 heterocycles. The van der Waals surface area contributed by atoms with Crippen LogP contribution < -0.4 is 4.90 Å². The summed E-state index contributed by atoms with van der Waals surface area (Å²) < 4.78 is 1.88. The van der Waals surface area contributed by atoms with Gasteiger partial charge in [0.15, 0.2) is 17.0 Å². The molecule has 0 amide bonds. The Morgan fingerprint density at radius 3 is 2.12 bits per heavy atom. The average Bonchev–Trinajstić information content (AvgIpc) is 2.76. The van der Waals surface area contributed by atoms with Gasteiger partial charge in [-0.2, -0.15) is 0 Å². The van der Waals surface area contributed by atoms with Gasteiger partial charge in [-0.05, 0) is 0 Å². The van der Waals surface area contributed by atoms with Crippen molar-refractivity contribution in [3.05, 3.63) is 12.7 Å². The first-order valence-electron chi connectivity index (χ1n) is 5.99. The predicted octanol–water partition coefficient (Wildman–Crippen LogP) is 2.48. The summed E-state index contributed by atoms with van der Waals surface area (Å²) in [4.78, 5) is 14.5. The van der Waals surface area contributed by atoms with Gasteiger partial charge in [0, 0.05) is 21.1 Å². The van der Waals surface area contributed by atoms with Crippen LogP contribution in [0.4, 0.5) is 5.82 Å². The van der Waals surface area contributed by atoms with E-state index < -0.39 is 0 Å². The number of anilines is 1. The minimum atomic E-state index is 0.843. The number of imidazole rings is 1. The number of hydrogen-bond acceptors (Lipinski definition) is 4. The zero-order chi connectivity index (χ0) is 13.4. The van der Waals surface area contributed by atoms with Crippen LogP contribution in [-0.4, -0.2) is 33.6 Å². The normalized spacial score (nSPS) is 8.88. The van der Waals surface area contributed by atoms with Gasteiger partial charge in [-0.1, -0.05) is 27.7 Å². The number of nitrogens with zero attached hydrogens (tertiary/aromatic N) is 5. The maximum absolute atomic E-state index is 4.24. The first-order valence-corrected chi connectivity index (χ1v) is 5.99. The van der Waals surface area contributed by atoms with Crippen molar-refractivity contribution in [2.24, 2.45) is 7.05 Å². The maximum atomic E-state index is 4.24. The first-order chi connectivity index (χ1) is 8.20. The van der Waals surface area contributed by atoms with Crippen molar-refractivity contribution < 1.29 is 0 Å². The maximum Gasteiger partial charge on any atom is 0.165 e. The van der Waals surface area contributed by atoms with E-state index in [1.54, 1.807) is 12.7 Å². The van der Waals surface area contributed by atoms with Crippen molar-refractivity contribution in [1.82, 2.24) is 19.5 Å². The van der Waals surface area contributed by atoms with Crippen LogP contribution in [0.15, 0.2) is 12.7 Å². The molecule has 0 radical (unpaired) electrons. The van der Waals surface area contributed by atoms with E-state index >= 15 is 0 Å². The molecule has 5 heteroatoms. The second-order valence-corrected chi connectivity index (χ2v) is 3.12. The van der Waals surface area contributed by atoms with Crippen molar-refractivity contribution in [2.45, 2.75) is 27.7 Å². The molecule has 2 rings (SSSR count). The van der Waals surface area contributed by atoms with Gasteiger partial charge in [0.05, 0.1) is 6.33 Å². The number of hydrogen-bond donors (Lipinski definition) is 0. The summed E-state index contributed by atoms with van der Waals surface area (Å²) in [7, 11) is 5.80. The predicted molar refractivity (Wildman–Crippen MR) is 73.3 cm³/mol. The molecule has 5 nitrogen and oxygen atoms in total. The van der Waals surface area contributed by atoms with Crippen molar-refractivity contribution in [3.63, 3.8) is 0 Å². The van der Waals surface area contributed by atoms with Gasteiger partial charge in [-0.15, -0.1) is 0 Å². The lowest BCUT2D eigenvalue weighted by atomic mass is 10.5. The monoisotopic (exact) mass is 237 g/mol. The highest BCUT2D eigenvalue weighted by molar-refractivity contribution is 5.82. The van der Waals surface area contributed by atoms with Gasteiger partial charge >= 0.3 is 0 Å². The topological polar surface area (TPSA) is 46.8 Å². The van der Waals surface area contributed by atoms with Gasteiger partial charge in [0.25, 0.3) is 0 Å². The van der Waals surface area contributed by atoms with Crippen LogP contribution in [0.25, 0.3) is 11.2 Å². The zero-order valence-corrected chi connectivity index (χ0v) is 11.9. The third-order valence-electron chi connectivity index (χ3n) is 1.90. The van der Waals surface area contributed by atoms with Crippen LogP contribution in [0.2, 0.25) is 0 Å². The van der Waals surface area contributed by atoms with Gasteiger partial charge in [0.2, 0.25) is 0 Å². The molecule has 2 aromatic rings. The van der Waals surface area contributed by atoms with E-state index in [4.69, 9.17) is 0 Å². The number of rotatable bonds is 1. The van der Waals surface area contributed by atoms with E-state index in [0.29, 0.717) is 0 Å². The Kier molecular flexibility index (Phi) is 6.86. The zero-order valence-electron chi connectivity index (χ0n) is 11.9. The number of aromatic nitrogens is 4. The average molecular weight is 237 g/mol. The molecular formula is C12H23N5. The Morgan fingerprint density at radius 2 is 1.59 bits per heavy atom. The summed E-state index contributed by atoms with van der Waals surface area (Å²) in [6, 6.07) is 0. The fraction of sp³-hybridized carbons (Fsp3) is 0.583. The second-order valence-electron chi connectivity index (χ2n) is 3.12. The van der Waals surface area contributed by atoms with E-state index in [-0.39, 0.29) is 0 Å². The van der Waals surface area contributed by atoms with E-state index in [1.165, 1.54) is 0 Å². The minimum Gasteiger partial charge on any atom is -0.361 e. The van der Waals surface area contributed by atoms with Crippen molar-refractivity contribution in [3.8, 4) is 0 Å². The molecular weight excluding hydrogens is 214 g/mol. The summed E-state index contributed by atoms with van der Waals surface area (Å²) in [6.45, 7) is 8.00. The van der Waals surface area contributed by atoms with Crippen LogP contribution >= 0.6 is 0 Å². The lowest BCUT2D eigenvalue weighted by Crippen LogP contribution is -2.11. The SMILES string of the molecule is CC.CC.CN(C)c1ncnc2c1ncn2C. The molecule has 0 aliphatic heterocycles. The highest BCUT2D eigenvalue weighted by Crippen LogP contribution is 2.17. The molecule has 0 fully saturated rings. The van der Waals surface area contributed by atoms with Crippen molar-refractivity contribution >= 4 is 17.0 Å². The fourth-order valence-electron chi connectivity index (χ4n) is 1.26. The Morgan fingerprint density at radius 1 is 1.00 bits per heavy atom. The lowest BCUT2D eigenvalue weighted by Gasteiger charge is -2.10. The molecule has 0 aromatic carbocycles. The number of fused-ring (bicyclic) bond motifs is 1. The Bertz CT molecular complexity index is 433. The molecule has 0 aliphatic carbocycles. The third kappa shape index (κ3) is 3.41.